The number of aromatic nitrogens is 3. The highest BCUT2D eigenvalue weighted by atomic mass is 15.0. The van der Waals surface area contributed by atoms with Crippen LogP contribution in [0.2, 0.25) is 0 Å². The van der Waals surface area contributed by atoms with Gasteiger partial charge in [-0.15, -0.1) is 0 Å². The number of rotatable bonds is 4. The van der Waals surface area contributed by atoms with Crippen LogP contribution in [0.3, 0.4) is 0 Å². The van der Waals surface area contributed by atoms with E-state index in [-0.39, 0.29) is 0 Å². The summed E-state index contributed by atoms with van der Waals surface area (Å²) in [6.45, 7) is 2.14. The molecule has 1 fully saturated rings. The van der Waals surface area contributed by atoms with E-state index >= 15 is 0 Å². The molecule has 0 amide bonds. The van der Waals surface area contributed by atoms with Gasteiger partial charge in [-0.05, 0) is 30.9 Å². The predicted molar refractivity (Wildman–Crippen MR) is 85.4 cm³/mol. The van der Waals surface area contributed by atoms with Crippen molar-refractivity contribution >= 4 is 5.82 Å². The first kappa shape index (κ1) is 14.0. The number of hydrogen-bond donors (Lipinski definition) is 1. The van der Waals surface area contributed by atoms with E-state index in [1.807, 2.05) is 25.5 Å². The van der Waals surface area contributed by atoms with Crippen molar-refractivity contribution in [2.24, 2.45) is 0 Å². The van der Waals surface area contributed by atoms with Crippen LogP contribution in [0, 0.1) is 0 Å². The van der Waals surface area contributed by atoms with Crippen LogP contribution in [0.4, 0.5) is 5.82 Å². The minimum Gasteiger partial charge on any atom is -0.373 e. The fourth-order valence-electron chi connectivity index (χ4n) is 3.07. The normalized spacial score (nSPS) is 15.3. The zero-order valence-corrected chi connectivity index (χ0v) is 12.8. The largest absolute Gasteiger partial charge is 0.373 e. The van der Waals surface area contributed by atoms with Crippen LogP contribution in [0.15, 0.2) is 24.5 Å². The van der Waals surface area contributed by atoms with Gasteiger partial charge in [0.05, 0.1) is 0 Å². The van der Waals surface area contributed by atoms with E-state index in [1.165, 1.54) is 36.9 Å². The molecule has 1 saturated carbocycles. The molecule has 0 spiro atoms. The van der Waals surface area contributed by atoms with Gasteiger partial charge in [0.25, 0.3) is 0 Å². The first-order chi connectivity index (χ1) is 10.3. The summed E-state index contributed by atoms with van der Waals surface area (Å²) < 4.78 is 0. The molecule has 2 heterocycles. The quantitative estimate of drug-likeness (QED) is 0.926. The van der Waals surface area contributed by atoms with Crippen LogP contribution < -0.4 is 5.32 Å². The molecular formula is C17H22N4. The van der Waals surface area contributed by atoms with E-state index in [0.29, 0.717) is 5.92 Å². The van der Waals surface area contributed by atoms with Gasteiger partial charge in [-0.1, -0.05) is 19.8 Å². The fourth-order valence-corrected chi connectivity index (χ4v) is 3.07. The van der Waals surface area contributed by atoms with Gasteiger partial charge < -0.3 is 5.32 Å². The van der Waals surface area contributed by atoms with Crippen molar-refractivity contribution < 1.29 is 0 Å². The molecule has 21 heavy (non-hydrogen) atoms. The van der Waals surface area contributed by atoms with E-state index in [0.717, 1.165) is 23.6 Å². The van der Waals surface area contributed by atoms with Gasteiger partial charge >= 0.3 is 0 Å². The summed E-state index contributed by atoms with van der Waals surface area (Å²) in [5, 5.41) is 3.17. The summed E-state index contributed by atoms with van der Waals surface area (Å²) in [4.78, 5) is 13.7. The van der Waals surface area contributed by atoms with E-state index in [9.17, 15) is 0 Å². The molecule has 0 saturated heterocycles. The smallest absolute Gasteiger partial charge is 0.162 e. The average molecular weight is 282 g/mol. The molecule has 0 aliphatic heterocycles. The highest BCUT2D eigenvalue weighted by molar-refractivity contribution is 5.61. The molecule has 1 aliphatic rings. The standard InChI is InChI=1S/C17H22N4/c1-3-12-11-19-9-8-14(12)17-20-15(10-16(18-2)21-17)13-6-4-5-7-13/h8-11,13H,3-7H2,1-2H3,(H,18,20,21). The zero-order chi connectivity index (χ0) is 14.7. The lowest BCUT2D eigenvalue weighted by Crippen LogP contribution is -2.05. The second kappa shape index (κ2) is 6.20. The Bertz CT molecular complexity index is 618. The topological polar surface area (TPSA) is 50.7 Å². The second-order valence-corrected chi connectivity index (χ2v) is 5.62. The van der Waals surface area contributed by atoms with Crippen molar-refractivity contribution in [1.29, 1.82) is 0 Å². The summed E-state index contributed by atoms with van der Waals surface area (Å²) >= 11 is 0. The summed E-state index contributed by atoms with van der Waals surface area (Å²) in [5.41, 5.74) is 3.48. The lowest BCUT2D eigenvalue weighted by Gasteiger charge is -2.13. The second-order valence-electron chi connectivity index (χ2n) is 5.62. The van der Waals surface area contributed by atoms with Gasteiger partial charge in [0.1, 0.15) is 5.82 Å². The van der Waals surface area contributed by atoms with E-state index in [4.69, 9.17) is 4.98 Å². The van der Waals surface area contributed by atoms with E-state index in [2.05, 4.69) is 28.3 Å². The zero-order valence-electron chi connectivity index (χ0n) is 12.8. The third-order valence-electron chi connectivity index (χ3n) is 4.30. The van der Waals surface area contributed by atoms with Gasteiger partial charge in [-0.2, -0.15) is 0 Å². The van der Waals surface area contributed by atoms with E-state index in [1.54, 1.807) is 0 Å². The van der Waals surface area contributed by atoms with Crippen LogP contribution in [-0.4, -0.2) is 22.0 Å². The van der Waals surface area contributed by atoms with E-state index < -0.39 is 0 Å². The maximum absolute atomic E-state index is 4.86. The number of pyridine rings is 1. The number of aryl methyl sites for hydroxylation is 1. The first-order valence-corrected chi connectivity index (χ1v) is 7.81. The van der Waals surface area contributed by atoms with Gasteiger partial charge in [-0.3, -0.25) is 4.98 Å². The molecule has 0 aromatic carbocycles. The number of nitrogens with one attached hydrogen (secondary N) is 1. The number of anilines is 1. The van der Waals surface area contributed by atoms with Crippen LogP contribution in [-0.2, 0) is 6.42 Å². The van der Waals surface area contributed by atoms with Crippen LogP contribution in [0.25, 0.3) is 11.4 Å². The molecule has 0 radical (unpaired) electrons. The highest BCUT2D eigenvalue weighted by Crippen LogP contribution is 2.34. The molecule has 110 valence electrons. The van der Waals surface area contributed by atoms with Gasteiger partial charge in [0, 0.05) is 42.7 Å². The Labute approximate surface area is 126 Å². The predicted octanol–water partition coefficient (Wildman–Crippen LogP) is 3.80. The number of hydrogen-bond acceptors (Lipinski definition) is 4. The monoisotopic (exact) mass is 282 g/mol. The first-order valence-electron chi connectivity index (χ1n) is 7.81. The molecule has 3 rings (SSSR count). The van der Waals surface area contributed by atoms with Crippen molar-refractivity contribution in [3.63, 3.8) is 0 Å². The summed E-state index contributed by atoms with van der Waals surface area (Å²) in [6.07, 6.45) is 9.80. The van der Waals surface area contributed by atoms with Crippen LogP contribution >= 0.6 is 0 Å². The van der Waals surface area contributed by atoms with Crippen molar-refractivity contribution in [3.05, 3.63) is 35.8 Å². The Kier molecular flexibility index (Phi) is 4.13. The van der Waals surface area contributed by atoms with Crippen molar-refractivity contribution in [1.82, 2.24) is 15.0 Å². The SMILES string of the molecule is CCc1cnccc1-c1nc(NC)cc(C2CCCC2)n1. The lowest BCUT2D eigenvalue weighted by atomic mass is 10.0. The van der Waals surface area contributed by atoms with Crippen LogP contribution in [0.1, 0.15) is 49.8 Å². The van der Waals surface area contributed by atoms with Crippen molar-refractivity contribution in [2.75, 3.05) is 12.4 Å². The Morgan fingerprint density at radius 1 is 1.24 bits per heavy atom. The molecule has 0 unspecified atom stereocenters. The molecule has 1 N–H and O–H groups in total. The third kappa shape index (κ3) is 2.89. The molecule has 1 aliphatic carbocycles. The number of nitrogens with zero attached hydrogens (tertiary/aromatic N) is 3. The minimum absolute atomic E-state index is 0.589. The maximum atomic E-state index is 4.86. The van der Waals surface area contributed by atoms with Crippen LogP contribution in [0.5, 0.6) is 0 Å². The Balaban J connectivity index is 2.06. The maximum Gasteiger partial charge on any atom is 0.162 e. The summed E-state index contributed by atoms with van der Waals surface area (Å²) in [6, 6.07) is 4.12. The molecule has 4 nitrogen and oxygen atoms in total. The average Bonchev–Trinajstić information content (AvgIpc) is 3.09. The molecule has 0 atom stereocenters. The summed E-state index contributed by atoms with van der Waals surface area (Å²) in [7, 11) is 1.91. The Morgan fingerprint density at radius 3 is 2.76 bits per heavy atom. The molecule has 2 aromatic heterocycles. The van der Waals surface area contributed by atoms with Gasteiger partial charge in [0.15, 0.2) is 5.82 Å². The lowest BCUT2D eigenvalue weighted by molar-refractivity contribution is 0.695. The van der Waals surface area contributed by atoms with Gasteiger partial charge in [0.2, 0.25) is 0 Å². The van der Waals surface area contributed by atoms with Crippen molar-refractivity contribution in [3.8, 4) is 11.4 Å². The molecule has 0 bridgehead atoms. The summed E-state index contributed by atoms with van der Waals surface area (Å²) in [5.74, 6) is 2.31. The molecular weight excluding hydrogens is 260 g/mol. The third-order valence-corrected chi connectivity index (χ3v) is 4.30. The Hall–Kier alpha value is -1.97. The highest BCUT2D eigenvalue weighted by Gasteiger charge is 2.20. The minimum atomic E-state index is 0.589. The molecule has 4 heteroatoms. The fraction of sp³-hybridized carbons (Fsp3) is 0.471. The van der Waals surface area contributed by atoms with Crippen molar-refractivity contribution in [2.45, 2.75) is 44.9 Å². The van der Waals surface area contributed by atoms with Gasteiger partial charge in [-0.25, -0.2) is 9.97 Å². The molecule has 2 aromatic rings. The Morgan fingerprint density at radius 2 is 2.05 bits per heavy atom.